The molecule has 1 N–H and O–H groups in total. The van der Waals surface area contributed by atoms with Crippen molar-refractivity contribution in [2.45, 2.75) is 11.4 Å². The van der Waals surface area contributed by atoms with Crippen LogP contribution in [0.2, 0.25) is 4.34 Å². The summed E-state index contributed by atoms with van der Waals surface area (Å²) in [5.41, 5.74) is 0.450. The number of benzene rings is 1. The first-order valence-electron chi connectivity index (χ1n) is 7.45. The predicted molar refractivity (Wildman–Crippen MR) is 103 cm³/mol. The fourth-order valence-corrected chi connectivity index (χ4v) is 4.03. The number of nitrogens with one attached hydrogen (secondary N) is 1. The van der Waals surface area contributed by atoms with Crippen LogP contribution >= 0.6 is 22.9 Å². The van der Waals surface area contributed by atoms with Gasteiger partial charge in [-0.15, -0.1) is 17.9 Å². The first-order chi connectivity index (χ1) is 11.8. The fraction of sp³-hybridized carbons (Fsp3) is 0.235. The molecule has 1 amide bonds. The monoisotopic (exact) mass is 398 g/mol. The maximum atomic E-state index is 12.3. The Hall–Kier alpha value is -1.67. The average Bonchev–Trinajstić information content (AvgIpc) is 2.92. The molecule has 1 aromatic heterocycles. The van der Waals surface area contributed by atoms with Gasteiger partial charge in [-0.25, -0.2) is 8.42 Å². The first kappa shape index (κ1) is 19.7. The van der Waals surface area contributed by atoms with Crippen molar-refractivity contribution < 1.29 is 13.2 Å². The third-order valence-corrected chi connectivity index (χ3v) is 5.63. The van der Waals surface area contributed by atoms with Gasteiger partial charge in [-0.3, -0.25) is 9.69 Å². The maximum Gasteiger partial charge on any atom is 0.238 e. The number of carbonyl (C=O) groups is 1. The van der Waals surface area contributed by atoms with Crippen molar-refractivity contribution >= 4 is 44.4 Å². The summed E-state index contributed by atoms with van der Waals surface area (Å²) >= 11 is 7.41. The van der Waals surface area contributed by atoms with Crippen LogP contribution in [0.1, 0.15) is 4.88 Å². The van der Waals surface area contributed by atoms with Crippen LogP contribution < -0.4 is 5.32 Å². The van der Waals surface area contributed by atoms with E-state index in [9.17, 15) is 13.2 Å². The number of nitrogens with zero attached hydrogens (tertiary/aromatic N) is 1. The van der Waals surface area contributed by atoms with E-state index in [1.165, 1.54) is 23.5 Å². The fourth-order valence-electron chi connectivity index (χ4n) is 2.23. The Morgan fingerprint density at radius 2 is 2.12 bits per heavy atom. The molecular formula is C17H19ClN2O3S2. The van der Waals surface area contributed by atoms with Crippen LogP contribution in [0.4, 0.5) is 5.69 Å². The Kier molecular flexibility index (Phi) is 6.78. The van der Waals surface area contributed by atoms with E-state index in [1.807, 2.05) is 17.0 Å². The van der Waals surface area contributed by atoms with Gasteiger partial charge in [-0.05, 0) is 30.3 Å². The molecule has 0 aliphatic heterocycles. The molecule has 1 heterocycles. The third kappa shape index (κ3) is 6.28. The summed E-state index contributed by atoms with van der Waals surface area (Å²) in [6, 6.07) is 9.95. The Morgan fingerprint density at radius 1 is 1.36 bits per heavy atom. The van der Waals surface area contributed by atoms with Gasteiger partial charge in [0.1, 0.15) is 0 Å². The number of sulfone groups is 1. The minimum absolute atomic E-state index is 0.157. The lowest BCUT2D eigenvalue weighted by atomic mass is 10.3. The highest BCUT2D eigenvalue weighted by atomic mass is 35.5. The predicted octanol–water partition coefficient (Wildman–Crippen LogP) is 3.43. The topological polar surface area (TPSA) is 66.5 Å². The van der Waals surface area contributed by atoms with Crippen LogP contribution in [0.25, 0.3) is 0 Å². The van der Waals surface area contributed by atoms with Crippen LogP contribution in [0.5, 0.6) is 0 Å². The largest absolute Gasteiger partial charge is 0.325 e. The summed E-state index contributed by atoms with van der Waals surface area (Å²) < 4.78 is 23.9. The van der Waals surface area contributed by atoms with E-state index >= 15 is 0 Å². The van der Waals surface area contributed by atoms with E-state index in [0.29, 0.717) is 23.1 Å². The van der Waals surface area contributed by atoms with Crippen LogP contribution in [-0.4, -0.2) is 38.6 Å². The van der Waals surface area contributed by atoms with Gasteiger partial charge in [0, 0.05) is 29.9 Å². The molecule has 0 saturated heterocycles. The summed E-state index contributed by atoms with van der Waals surface area (Å²) in [6.45, 7) is 5.00. The molecule has 134 valence electrons. The van der Waals surface area contributed by atoms with Crippen molar-refractivity contribution in [3.8, 4) is 0 Å². The second-order valence-corrected chi connectivity index (χ2v) is 9.33. The van der Waals surface area contributed by atoms with Crippen LogP contribution in [0.15, 0.2) is 53.9 Å². The minimum atomic E-state index is -3.32. The highest BCUT2D eigenvalue weighted by molar-refractivity contribution is 7.90. The van der Waals surface area contributed by atoms with Crippen molar-refractivity contribution in [2.24, 2.45) is 0 Å². The molecule has 0 atom stereocenters. The molecule has 0 saturated carbocycles. The summed E-state index contributed by atoms with van der Waals surface area (Å²) in [6.07, 6.45) is 2.86. The summed E-state index contributed by atoms with van der Waals surface area (Å²) in [5, 5.41) is 2.73. The molecule has 2 rings (SSSR count). The summed E-state index contributed by atoms with van der Waals surface area (Å²) in [4.78, 5) is 15.4. The van der Waals surface area contributed by atoms with E-state index in [0.717, 1.165) is 11.1 Å². The van der Waals surface area contributed by atoms with E-state index < -0.39 is 9.84 Å². The zero-order valence-electron chi connectivity index (χ0n) is 13.7. The summed E-state index contributed by atoms with van der Waals surface area (Å²) in [5.74, 6) is -0.227. The molecular weight excluding hydrogens is 380 g/mol. The lowest BCUT2D eigenvalue weighted by Gasteiger charge is -2.19. The smallest absolute Gasteiger partial charge is 0.238 e. The van der Waals surface area contributed by atoms with Crippen LogP contribution in [-0.2, 0) is 21.2 Å². The molecule has 1 aromatic carbocycles. The van der Waals surface area contributed by atoms with Crippen molar-refractivity contribution in [3.63, 3.8) is 0 Å². The highest BCUT2D eigenvalue weighted by Gasteiger charge is 2.13. The standard InChI is InChI=1S/C17H19ClN2O3S2/c1-3-9-20(11-14-7-8-16(18)24-14)12-17(21)19-13-5-4-6-15(10-13)25(2,22)23/h3-8,10H,1,9,11-12H2,2H3,(H,19,21). The molecule has 0 fully saturated rings. The number of hydrogen-bond acceptors (Lipinski definition) is 5. The quantitative estimate of drug-likeness (QED) is 0.692. The van der Waals surface area contributed by atoms with Gasteiger partial charge in [0.05, 0.1) is 15.8 Å². The van der Waals surface area contributed by atoms with Crippen molar-refractivity contribution in [1.29, 1.82) is 0 Å². The Balaban J connectivity index is 2.02. The number of rotatable bonds is 8. The molecule has 0 radical (unpaired) electrons. The molecule has 2 aromatic rings. The van der Waals surface area contributed by atoms with Gasteiger partial charge in [0.2, 0.25) is 5.91 Å². The van der Waals surface area contributed by atoms with E-state index in [2.05, 4.69) is 11.9 Å². The highest BCUT2D eigenvalue weighted by Crippen LogP contribution is 2.22. The maximum absolute atomic E-state index is 12.3. The van der Waals surface area contributed by atoms with Gasteiger partial charge < -0.3 is 5.32 Å². The van der Waals surface area contributed by atoms with Crippen LogP contribution in [0.3, 0.4) is 0 Å². The van der Waals surface area contributed by atoms with Crippen molar-refractivity contribution in [2.75, 3.05) is 24.7 Å². The lowest BCUT2D eigenvalue weighted by molar-refractivity contribution is -0.117. The molecule has 0 aliphatic rings. The SMILES string of the molecule is C=CCN(CC(=O)Nc1cccc(S(C)(=O)=O)c1)Cc1ccc(Cl)s1. The summed E-state index contributed by atoms with van der Waals surface area (Å²) in [7, 11) is -3.32. The number of carbonyl (C=O) groups excluding carboxylic acids is 1. The Bertz CT molecular complexity index is 862. The minimum Gasteiger partial charge on any atom is -0.325 e. The van der Waals surface area contributed by atoms with Gasteiger partial charge in [0.15, 0.2) is 9.84 Å². The average molecular weight is 399 g/mol. The van der Waals surface area contributed by atoms with Crippen molar-refractivity contribution in [3.05, 3.63) is 58.3 Å². The van der Waals surface area contributed by atoms with Gasteiger partial charge in [-0.2, -0.15) is 0 Å². The Morgan fingerprint density at radius 3 is 2.72 bits per heavy atom. The van der Waals surface area contributed by atoms with Gasteiger partial charge in [-0.1, -0.05) is 23.7 Å². The zero-order chi connectivity index (χ0) is 18.4. The second kappa shape index (κ2) is 8.62. The number of anilines is 1. The van der Waals surface area contributed by atoms with Gasteiger partial charge in [0.25, 0.3) is 0 Å². The molecule has 0 aliphatic carbocycles. The van der Waals surface area contributed by atoms with E-state index in [-0.39, 0.29) is 17.3 Å². The van der Waals surface area contributed by atoms with Crippen molar-refractivity contribution in [1.82, 2.24) is 4.90 Å². The van der Waals surface area contributed by atoms with Gasteiger partial charge >= 0.3 is 0 Å². The Labute approximate surface area is 156 Å². The molecule has 25 heavy (non-hydrogen) atoms. The third-order valence-electron chi connectivity index (χ3n) is 3.31. The molecule has 5 nitrogen and oxygen atoms in total. The molecule has 8 heteroatoms. The number of amides is 1. The first-order valence-corrected chi connectivity index (χ1v) is 10.5. The number of hydrogen-bond donors (Lipinski definition) is 1. The second-order valence-electron chi connectivity index (χ2n) is 5.51. The normalized spacial score (nSPS) is 11.5. The molecule has 0 bridgehead atoms. The lowest BCUT2D eigenvalue weighted by Crippen LogP contribution is -2.32. The molecule has 0 spiro atoms. The van der Waals surface area contributed by atoms with E-state index in [1.54, 1.807) is 18.2 Å². The van der Waals surface area contributed by atoms with Crippen LogP contribution in [0, 0.1) is 0 Å². The zero-order valence-corrected chi connectivity index (χ0v) is 16.1. The molecule has 0 unspecified atom stereocenters. The number of thiophene rings is 1. The van der Waals surface area contributed by atoms with E-state index in [4.69, 9.17) is 11.6 Å². The number of halogens is 1.